The molecule has 0 aliphatic carbocycles. The lowest BCUT2D eigenvalue weighted by Crippen LogP contribution is -2.21. The third-order valence-electron chi connectivity index (χ3n) is 6.09. The van der Waals surface area contributed by atoms with Crippen LogP contribution in [0.25, 0.3) is 33.4 Å². The molecule has 39 heavy (non-hydrogen) atoms. The van der Waals surface area contributed by atoms with Crippen LogP contribution < -0.4 is 15.8 Å². The molecule has 0 saturated carbocycles. The van der Waals surface area contributed by atoms with E-state index in [1.165, 1.54) is 6.26 Å². The molecule has 3 N–H and O–H groups in total. The van der Waals surface area contributed by atoms with Crippen LogP contribution in [0.3, 0.4) is 0 Å². The highest BCUT2D eigenvalue weighted by Gasteiger charge is 2.13. The van der Waals surface area contributed by atoms with Crippen LogP contribution in [-0.2, 0) is 23.0 Å². The molecule has 10 heteroatoms. The van der Waals surface area contributed by atoms with Gasteiger partial charge >= 0.3 is 0 Å². The Morgan fingerprint density at radius 1 is 0.974 bits per heavy atom. The molecule has 0 saturated heterocycles. The van der Waals surface area contributed by atoms with Gasteiger partial charge in [0.25, 0.3) is 0 Å². The Kier molecular flexibility index (Phi) is 7.83. The van der Waals surface area contributed by atoms with Crippen molar-refractivity contribution in [2.45, 2.75) is 13.2 Å². The Labute approximate surface area is 231 Å². The average Bonchev–Trinajstić information content (AvgIpc) is 3.39. The molecule has 0 aliphatic rings. The Hall–Kier alpha value is -3.92. The van der Waals surface area contributed by atoms with Crippen molar-refractivity contribution in [3.05, 3.63) is 95.4 Å². The minimum Gasteiger partial charge on any atom is -0.487 e. The van der Waals surface area contributed by atoms with Gasteiger partial charge in [0.15, 0.2) is 5.82 Å². The number of sulfone groups is 1. The Morgan fingerprint density at radius 3 is 2.54 bits per heavy atom. The van der Waals surface area contributed by atoms with Gasteiger partial charge < -0.3 is 20.2 Å². The normalized spacial score (nSPS) is 11.6. The molecule has 0 aliphatic heterocycles. The number of ether oxygens (including phenoxy) is 1. The number of furan rings is 1. The molecule has 8 nitrogen and oxygen atoms in total. The second-order valence-electron chi connectivity index (χ2n) is 9.19. The fourth-order valence-electron chi connectivity index (χ4n) is 4.05. The molecular weight excluding hydrogens is 536 g/mol. The maximum atomic E-state index is 11.3. The molecule has 2 heterocycles. The van der Waals surface area contributed by atoms with Gasteiger partial charge in [0, 0.05) is 29.3 Å². The van der Waals surface area contributed by atoms with Crippen molar-refractivity contribution in [3.63, 3.8) is 0 Å². The van der Waals surface area contributed by atoms with Gasteiger partial charge in [-0.15, -0.1) is 0 Å². The molecule has 0 radical (unpaired) electrons. The Balaban J connectivity index is 1.31. The van der Waals surface area contributed by atoms with Crippen LogP contribution in [0.4, 0.5) is 5.82 Å². The minimum absolute atomic E-state index is 0.0743. The first-order chi connectivity index (χ1) is 18.7. The number of aromatic nitrogens is 2. The van der Waals surface area contributed by atoms with E-state index in [9.17, 15) is 8.42 Å². The standard InChI is InChI=1S/C29H27ClN4O4S/c1-39(35,36)12-11-32-16-23-13-22(18-37-23)20-7-9-26-24(14-20)28(31)34-29(33-26)21-8-10-27(25(30)15-21)38-17-19-5-3-2-4-6-19/h2-10,13-15,18,32H,11-12,16-17H2,1H3,(H2,31,33,34). The molecule has 5 aromatic rings. The second kappa shape index (κ2) is 11.4. The number of nitrogen functional groups attached to an aromatic ring is 1. The van der Waals surface area contributed by atoms with E-state index in [4.69, 9.17) is 31.5 Å². The van der Waals surface area contributed by atoms with Crippen LogP contribution in [0.1, 0.15) is 11.3 Å². The zero-order valence-corrected chi connectivity index (χ0v) is 22.8. The van der Waals surface area contributed by atoms with Crippen LogP contribution in [-0.4, -0.2) is 36.9 Å². The maximum Gasteiger partial charge on any atom is 0.162 e. The number of hydrogen-bond acceptors (Lipinski definition) is 8. The smallest absolute Gasteiger partial charge is 0.162 e. The molecule has 0 unspecified atom stereocenters. The van der Waals surface area contributed by atoms with Gasteiger partial charge in [-0.05, 0) is 47.5 Å². The van der Waals surface area contributed by atoms with E-state index in [0.717, 1.165) is 27.6 Å². The largest absolute Gasteiger partial charge is 0.487 e. The average molecular weight is 563 g/mol. The van der Waals surface area contributed by atoms with Crippen molar-refractivity contribution < 1.29 is 17.6 Å². The number of hydrogen-bond donors (Lipinski definition) is 2. The molecule has 3 aromatic carbocycles. The van der Waals surface area contributed by atoms with Gasteiger partial charge in [0.2, 0.25) is 0 Å². The van der Waals surface area contributed by atoms with Crippen LogP contribution in [0, 0.1) is 0 Å². The second-order valence-corrected chi connectivity index (χ2v) is 11.9. The number of fused-ring (bicyclic) bond motifs is 1. The molecule has 0 spiro atoms. The summed E-state index contributed by atoms with van der Waals surface area (Å²) in [6.07, 6.45) is 2.87. The van der Waals surface area contributed by atoms with E-state index >= 15 is 0 Å². The SMILES string of the molecule is CS(=O)(=O)CCNCc1cc(-c2ccc3nc(-c4ccc(OCc5ccccc5)c(Cl)c4)nc(N)c3c2)co1. The van der Waals surface area contributed by atoms with Crippen LogP contribution in [0.15, 0.2) is 83.5 Å². The number of benzene rings is 3. The Morgan fingerprint density at radius 2 is 1.77 bits per heavy atom. The molecule has 0 bridgehead atoms. The summed E-state index contributed by atoms with van der Waals surface area (Å²) in [5.74, 6) is 2.17. The first kappa shape index (κ1) is 26.7. The van der Waals surface area contributed by atoms with Gasteiger partial charge in [-0.3, -0.25) is 0 Å². The minimum atomic E-state index is -3.01. The summed E-state index contributed by atoms with van der Waals surface area (Å²) >= 11 is 6.50. The van der Waals surface area contributed by atoms with Crippen molar-refractivity contribution in [3.8, 4) is 28.3 Å². The number of rotatable bonds is 10. The van der Waals surface area contributed by atoms with Crippen molar-refractivity contribution in [2.24, 2.45) is 0 Å². The lowest BCUT2D eigenvalue weighted by molar-refractivity contribution is 0.306. The molecule has 5 rings (SSSR count). The molecule has 0 fully saturated rings. The van der Waals surface area contributed by atoms with Gasteiger partial charge in [-0.2, -0.15) is 0 Å². The molecule has 0 amide bonds. The van der Waals surface area contributed by atoms with E-state index in [2.05, 4.69) is 10.3 Å². The predicted octanol–water partition coefficient (Wildman–Crippen LogP) is 5.51. The lowest BCUT2D eigenvalue weighted by atomic mass is 10.1. The van der Waals surface area contributed by atoms with E-state index < -0.39 is 9.84 Å². The summed E-state index contributed by atoms with van der Waals surface area (Å²) in [6.45, 7) is 1.20. The molecule has 2 aromatic heterocycles. The highest BCUT2D eigenvalue weighted by atomic mass is 35.5. The van der Waals surface area contributed by atoms with Crippen molar-refractivity contribution >= 4 is 38.2 Å². The van der Waals surface area contributed by atoms with E-state index in [-0.39, 0.29) is 5.75 Å². The first-order valence-electron chi connectivity index (χ1n) is 12.3. The van der Waals surface area contributed by atoms with Gasteiger partial charge in [0.05, 0.1) is 29.1 Å². The van der Waals surface area contributed by atoms with Gasteiger partial charge in [-0.1, -0.05) is 48.0 Å². The first-order valence-corrected chi connectivity index (χ1v) is 14.7. The summed E-state index contributed by atoms with van der Waals surface area (Å²) in [6, 6.07) is 23.0. The lowest BCUT2D eigenvalue weighted by Gasteiger charge is -2.11. The monoisotopic (exact) mass is 562 g/mol. The number of nitrogens with one attached hydrogen (secondary N) is 1. The zero-order valence-electron chi connectivity index (χ0n) is 21.2. The predicted molar refractivity (Wildman–Crippen MR) is 154 cm³/mol. The summed E-state index contributed by atoms with van der Waals surface area (Å²) in [4.78, 5) is 9.24. The van der Waals surface area contributed by atoms with Gasteiger partial charge in [-0.25, -0.2) is 18.4 Å². The quantitative estimate of drug-likeness (QED) is 0.214. The van der Waals surface area contributed by atoms with E-state index in [1.807, 2.05) is 60.7 Å². The highest BCUT2D eigenvalue weighted by Crippen LogP contribution is 2.32. The maximum absolute atomic E-state index is 11.3. The summed E-state index contributed by atoms with van der Waals surface area (Å²) < 4.78 is 34.0. The fraction of sp³-hybridized carbons (Fsp3) is 0.172. The number of anilines is 1. The summed E-state index contributed by atoms with van der Waals surface area (Å²) in [5.41, 5.74) is 10.6. The number of nitrogens with zero attached hydrogens (tertiary/aromatic N) is 2. The summed E-state index contributed by atoms with van der Waals surface area (Å²) in [5, 5.41) is 4.26. The molecule has 0 atom stereocenters. The van der Waals surface area contributed by atoms with Crippen LogP contribution in [0.2, 0.25) is 5.02 Å². The molecule has 200 valence electrons. The van der Waals surface area contributed by atoms with E-state index in [0.29, 0.717) is 53.4 Å². The third-order valence-corrected chi connectivity index (χ3v) is 7.33. The fourth-order valence-corrected chi connectivity index (χ4v) is 4.80. The van der Waals surface area contributed by atoms with Crippen LogP contribution in [0.5, 0.6) is 5.75 Å². The zero-order chi connectivity index (χ0) is 27.4. The van der Waals surface area contributed by atoms with E-state index in [1.54, 1.807) is 18.4 Å². The van der Waals surface area contributed by atoms with Gasteiger partial charge in [0.1, 0.15) is 33.8 Å². The van der Waals surface area contributed by atoms with Crippen molar-refractivity contribution in [2.75, 3.05) is 24.3 Å². The number of nitrogens with two attached hydrogens (primary N) is 1. The van der Waals surface area contributed by atoms with Crippen LogP contribution >= 0.6 is 11.6 Å². The van der Waals surface area contributed by atoms with Crippen molar-refractivity contribution in [1.29, 1.82) is 0 Å². The topological polar surface area (TPSA) is 120 Å². The Bertz CT molecular complexity index is 1720. The molecular formula is C29H27ClN4O4S. The highest BCUT2D eigenvalue weighted by molar-refractivity contribution is 7.90. The summed E-state index contributed by atoms with van der Waals surface area (Å²) in [7, 11) is -3.01. The number of halogens is 1. The van der Waals surface area contributed by atoms with Crippen molar-refractivity contribution in [1.82, 2.24) is 15.3 Å². The third kappa shape index (κ3) is 6.75.